The molecule has 4 heteroatoms. The Labute approximate surface area is 229 Å². The predicted octanol–water partition coefficient (Wildman–Crippen LogP) is 8.08. The largest absolute Gasteiger partial charge is 0.494 e. The highest BCUT2D eigenvalue weighted by Gasteiger charge is 2.62. The zero-order chi connectivity index (χ0) is 25.6. The van der Waals surface area contributed by atoms with Crippen molar-refractivity contribution in [3.8, 4) is 11.1 Å². The molecule has 3 aromatic carbocycles. The van der Waals surface area contributed by atoms with Gasteiger partial charge in [-0.1, -0.05) is 48.5 Å². The first-order valence-corrected chi connectivity index (χ1v) is 15.5. The first kappa shape index (κ1) is 22.7. The summed E-state index contributed by atoms with van der Waals surface area (Å²) in [5.41, 5.74) is 6.87. The maximum Gasteiger partial charge on any atom is 0.494 e. The van der Waals surface area contributed by atoms with Crippen molar-refractivity contribution in [2.45, 2.75) is 76.4 Å². The molecule has 1 aliphatic heterocycles. The average molecular weight is 519 g/mol. The second-order valence-electron chi connectivity index (χ2n) is 14.0. The van der Waals surface area contributed by atoms with Crippen LogP contribution in [0.5, 0.6) is 0 Å². The quantitative estimate of drug-likeness (QED) is 0.237. The molecule has 1 saturated heterocycles. The van der Waals surface area contributed by atoms with Crippen LogP contribution < -0.4 is 5.46 Å². The summed E-state index contributed by atoms with van der Waals surface area (Å²) in [5, 5.41) is 2.87. The van der Waals surface area contributed by atoms with E-state index in [-0.39, 0.29) is 23.7 Å². The minimum atomic E-state index is -0.330. The van der Waals surface area contributed by atoms with Crippen LogP contribution in [0.4, 0.5) is 0 Å². The van der Waals surface area contributed by atoms with Crippen molar-refractivity contribution >= 4 is 44.1 Å². The van der Waals surface area contributed by atoms with E-state index >= 15 is 0 Å². The van der Waals surface area contributed by atoms with E-state index in [2.05, 4.69) is 82.3 Å². The molecule has 0 atom stereocenters. The van der Waals surface area contributed by atoms with Crippen molar-refractivity contribution < 1.29 is 9.31 Å². The SMILES string of the molecule is CC1(C)OB(c2ccc3c(c2)C2(c4c-3ccc3c4sc4ccccc43)C3CC4CC(C3)CC2C4)OC1(C)C. The summed E-state index contributed by atoms with van der Waals surface area (Å²) < 4.78 is 16.1. The van der Waals surface area contributed by atoms with E-state index in [9.17, 15) is 0 Å². The molecule has 38 heavy (non-hydrogen) atoms. The van der Waals surface area contributed by atoms with Gasteiger partial charge >= 0.3 is 7.12 Å². The Bertz CT molecular complexity index is 1620. The summed E-state index contributed by atoms with van der Waals surface area (Å²) >= 11 is 2.04. The van der Waals surface area contributed by atoms with Crippen LogP contribution in [0.2, 0.25) is 0 Å². The van der Waals surface area contributed by atoms with Crippen LogP contribution >= 0.6 is 11.3 Å². The topological polar surface area (TPSA) is 18.5 Å². The lowest BCUT2D eigenvalue weighted by molar-refractivity contribution is -0.0392. The fraction of sp³-hybridized carbons (Fsp3) is 0.471. The van der Waals surface area contributed by atoms with Crippen LogP contribution in [0, 0.1) is 23.7 Å². The molecule has 5 fully saturated rings. The number of fused-ring (bicyclic) bond motifs is 7. The highest BCUT2D eigenvalue weighted by Crippen LogP contribution is 2.70. The van der Waals surface area contributed by atoms with E-state index in [1.165, 1.54) is 64.2 Å². The van der Waals surface area contributed by atoms with E-state index in [1.807, 2.05) is 11.3 Å². The Morgan fingerprint density at radius 3 is 2.11 bits per heavy atom. The molecule has 6 aliphatic rings. The van der Waals surface area contributed by atoms with Gasteiger partial charge in [0.15, 0.2) is 0 Å². The minimum absolute atomic E-state index is 0.123. The first-order valence-electron chi connectivity index (χ1n) is 14.7. The van der Waals surface area contributed by atoms with E-state index < -0.39 is 0 Å². The highest BCUT2D eigenvalue weighted by atomic mass is 32.1. The standard InChI is InChI=1S/C34H35BO2S/c1-32(2)33(3,4)37-35(36-32)23-9-10-24-26-11-12-27-25-7-5-6-8-29(25)38-31(27)30(26)34(28(24)18-23)21-14-19-13-20(16-21)17-22(34)15-19/h5-12,18-22H,13-17H2,1-4H3. The molecule has 10 rings (SSSR count). The summed E-state index contributed by atoms with van der Waals surface area (Å²) in [6.07, 6.45) is 7.06. The Morgan fingerprint density at radius 1 is 0.737 bits per heavy atom. The predicted molar refractivity (Wildman–Crippen MR) is 158 cm³/mol. The molecule has 0 radical (unpaired) electrons. The molecular formula is C34H35BO2S. The fourth-order valence-corrected chi connectivity index (χ4v) is 10.9. The smallest absolute Gasteiger partial charge is 0.399 e. The van der Waals surface area contributed by atoms with Crippen molar-refractivity contribution in [1.82, 2.24) is 0 Å². The molecular weight excluding hydrogens is 483 g/mol. The first-order chi connectivity index (χ1) is 18.3. The summed E-state index contributed by atoms with van der Waals surface area (Å²) in [5.74, 6) is 3.35. The Morgan fingerprint density at radius 2 is 1.39 bits per heavy atom. The van der Waals surface area contributed by atoms with Crippen molar-refractivity contribution in [3.05, 3.63) is 65.7 Å². The fourth-order valence-electron chi connectivity index (χ4n) is 9.60. The van der Waals surface area contributed by atoms with Crippen molar-refractivity contribution in [1.29, 1.82) is 0 Å². The number of rotatable bonds is 1. The van der Waals surface area contributed by atoms with Gasteiger partial charge in [-0.25, -0.2) is 0 Å². The van der Waals surface area contributed by atoms with E-state index in [1.54, 1.807) is 15.8 Å². The maximum atomic E-state index is 6.57. The molecule has 192 valence electrons. The second-order valence-corrected chi connectivity index (χ2v) is 15.1. The molecule has 4 bridgehead atoms. The van der Waals surface area contributed by atoms with Gasteiger partial charge < -0.3 is 9.31 Å². The van der Waals surface area contributed by atoms with Gasteiger partial charge in [0.25, 0.3) is 0 Å². The Kier molecular flexibility index (Phi) is 4.25. The van der Waals surface area contributed by atoms with Gasteiger partial charge in [-0.2, -0.15) is 0 Å². The van der Waals surface area contributed by atoms with Crippen LogP contribution in [0.15, 0.2) is 54.6 Å². The zero-order valence-electron chi connectivity index (χ0n) is 22.8. The summed E-state index contributed by atoms with van der Waals surface area (Å²) in [6.45, 7) is 8.64. The zero-order valence-corrected chi connectivity index (χ0v) is 23.7. The molecule has 4 saturated carbocycles. The summed E-state index contributed by atoms with van der Waals surface area (Å²) in [4.78, 5) is 0. The van der Waals surface area contributed by atoms with Crippen LogP contribution in [0.1, 0.15) is 70.9 Å². The van der Waals surface area contributed by atoms with E-state index in [0.29, 0.717) is 0 Å². The van der Waals surface area contributed by atoms with Gasteiger partial charge in [0.1, 0.15) is 0 Å². The minimum Gasteiger partial charge on any atom is -0.399 e. The number of hydrogen-bond acceptors (Lipinski definition) is 3. The van der Waals surface area contributed by atoms with E-state index in [0.717, 1.165) is 23.7 Å². The van der Waals surface area contributed by atoms with Crippen molar-refractivity contribution in [2.75, 3.05) is 0 Å². The highest BCUT2D eigenvalue weighted by molar-refractivity contribution is 7.26. The third-order valence-electron chi connectivity index (χ3n) is 11.7. The van der Waals surface area contributed by atoms with Gasteiger partial charge in [0, 0.05) is 25.6 Å². The average Bonchev–Trinajstić information content (AvgIpc) is 3.47. The molecule has 0 amide bonds. The van der Waals surface area contributed by atoms with Gasteiger partial charge in [0.2, 0.25) is 0 Å². The Hall–Kier alpha value is -2.14. The number of thiophene rings is 1. The van der Waals surface area contributed by atoms with Gasteiger partial charge in [-0.15, -0.1) is 11.3 Å². The van der Waals surface area contributed by atoms with Gasteiger partial charge in [-0.3, -0.25) is 0 Å². The second kappa shape index (κ2) is 7.13. The molecule has 4 aromatic rings. The van der Waals surface area contributed by atoms with Crippen LogP contribution in [-0.4, -0.2) is 18.3 Å². The lowest BCUT2D eigenvalue weighted by atomic mass is 9.43. The van der Waals surface area contributed by atoms with Crippen LogP contribution in [0.3, 0.4) is 0 Å². The monoisotopic (exact) mass is 518 g/mol. The molecule has 2 nitrogen and oxygen atoms in total. The molecule has 5 aliphatic carbocycles. The molecule has 1 spiro atoms. The molecule has 0 unspecified atom stereocenters. The molecule has 0 N–H and O–H groups in total. The van der Waals surface area contributed by atoms with Gasteiger partial charge in [-0.05, 0) is 117 Å². The van der Waals surface area contributed by atoms with Crippen LogP contribution in [0.25, 0.3) is 31.3 Å². The lowest BCUT2D eigenvalue weighted by Crippen LogP contribution is -2.55. The van der Waals surface area contributed by atoms with Crippen LogP contribution in [-0.2, 0) is 14.7 Å². The number of hydrogen-bond donors (Lipinski definition) is 0. The number of benzene rings is 3. The Balaban J connectivity index is 1.31. The summed E-state index contributed by atoms with van der Waals surface area (Å²) in [6, 6.07) is 21.1. The third-order valence-corrected chi connectivity index (χ3v) is 12.9. The van der Waals surface area contributed by atoms with Crippen molar-refractivity contribution in [3.63, 3.8) is 0 Å². The third kappa shape index (κ3) is 2.63. The van der Waals surface area contributed by atoms with E-state index in [4.69, 9.17) is 9.31 Å². The van der Waals surface area contributed by atoms with Crippen molar-refractivity contribution in [2.24, 2.45) is 23.7 Å². The molecule has 1 aromatic heterocycles. The van der Waals surface area contributed by atoms with Gasteiger partial charge in [0.05, 0.1) is 11.2 Å². The molecule has 2 heterocycles. The lowest BCUT2D eigenvalue weighted by Gasteiger charge is -2.61. The maximum absolute atomic E-state index is 6.57. The summed E-state index contributed by atoms with van der Waals surface area (Å²) in [7, 11) is -0.313. The normalized spacial score (nSPS) is 33.5.